The third-order valence-electron chi connectivity index (χ3n) is 1.25. The van der Waals surface area contributed by atoms with Crippen molar-refractivity contribution in [2.45, 2.75) is 5.75 Å². The van der Waals surface area contributed by atoms with Gasteiger partial charge in [-0.15, -0.1) is 0 Å². The molecule has 0 bridgehead atoms. The topological polar surface area (TPSA) is 47.0 Å². The third-order valence-corrected chi connectivity index (χ3v) is 2.92. The third kappa shape index (κ3) is 4.19. The predicted molar refractivity (Wildman–Crippen MR) is 58.2 cm³/mol. The van der Waals surface area contributed by atoms with Crippen molar-refractivity contribution in [3.8, 4) is 0 Å². The molecular formula is C7H7Br2NO2S. The second-order valence-corrected chi connectivity index (χ2v) is 6.46. The molecular weight excluding hydrogens is 322 g/mol. The second kappa shape index (κ2) is 4.06. The van der Waals surface area contributed by atoms with Crippen LogP contribution in [-0.4, -0.2) is 19.7 Å². The molecule has 1 heterocycles. The fourth-order valence-electron chi connectivity index (χ4n) is 0.900. The van der Waals surface area contributed by atoms with Crippen molar-refractivity contribution in [2.24, 2.45) is 0 Å². The minimum atomic E-state index is -2.98. The van der Waals surface area contributed by atoms with E-state index >= 15 is 0 Å². The quantitative estimate of drug-likeness (QED) is 0.781. The first kappa shape index (κ1) is 11.1. The Hall–Kier alpha value is 0.0600. The van der Waals surface area contributed by atoms with Gasteiger partial charge >= 0.3 is 0 Å². The smallest absolute Gasteiger partial charge is 0.151 e. The zero-order chi connectivity index (χ0) is 10.1. The molecule has 1 aromatic rings. The van der Waals surface area contributed by atoms with Crippen LogP contribution in [-0.2, 0) is 15.6 Å². The van der Waals surface area contributed by atoms with E-state index in [1.807, 2.05) is 0 Å². The molecule has 0 saturated heterocycles. The van der Waals surface area contributed by atoms with E-state index in [0.717, 1.165) is 5.56 Å². The Kier molecular flexibility index (Phi) is 3.48. The first-order chi connectivity index (χ1) is 5.87. The van der Waals surface area contributed by atoms with Crippen LogP contribution in [0.3, 0.4) is 0 Å². The second-order valence-electron chi connectivity index (χ2n) is 2.69. The Bertz CT molecular complexity index is 396. The monoisotopic (exact) mass is 327 g/mol. The molecule has 0 radical (unpaired) electrons. The highest BCUT2D eigenvalue weighted by Gasteiger charge is 2.06. The van der Waals surface area contributed by atoms with Crippen LogP contribution in [0, 0.1) is 0 Å². The van der Waals surface area contributed by atoms with Gasteiger partial charge in [-0.05, 0) is 49.6 Å². The average molecular weight is 329 g/mol. The molecule has 0 saturated carbocycles. The number of nitrogens with zero attached hydrogens (tertiary/aromatic N) is 1. The van der Waals surface area contributed by atoms with Crippen molar-refractivity contribution in [3.05, 3.63) is 26.9 Å². The van der Waals surface area contributed by atoms with Gasteiger partial charge in [-0.25, -0.2) is 13.4 Å². The molecule has 0 aliphatic carbocycles. The lowest BCUT2D eigenvalue weighted by Crippen LogP contribution is -2.01. The number of hydrogen-bond donors (Lipinski definition) is 0. The standard InChI is InChI=1S/C7H7Br2NO2S/c1-13(11,12)4-5-2-6(8)10-7(9)3-5/h2-3H,4H2,1H3. The van der Waals surface area contributed by atoms with E-state index in [-0.39, 0.29) is 5.75 Å². The van der Waals surface area contributed by atoms with Crippen LogP contribution >= 0.6 is 31.9 Å². The summed E-state index contributed by atoms with van der Waals surface area (Å²) in [6, 6.07) is 3.37. The SMILES string of the molecule is CS(=O)(=O)Cc1cc(Br)nc(Br)c1. The van der Waals surface area contributed by atoms with Gasteiger partial charge in [-0.1, -0.05) is 0 Å². The maximum absolute atomic E-state index is 11.0. The normalized spacial score (nSPS) is 11.6. The number of rotatable bonds is 2. The van der Waals surface area contributed by atoms with E-state index in [1.54, 1.807) is 12.1 Å². The number of halogens is 2. The molecule has 3 nitrogen and oxygen atoms in total. The molecule has 1 rings (SSSR count). The predicted octanol–water partition coefficient (Wildman–Crippen LogP) is 2.15. The summed E-state index contributed by atoms with van der Waals surface area (Å²) in [6.07, 6.45) is 1.20. The summed E-state index contributed by atoms with van der Waals surface area (Å²) in [6.45, 7) is 0. The molecule has 6 heteroatoms. The van der Waals surface area contributed by atoms with Gasteiger partial charge in [0.25, 0.3) is 0 Å². The van der Waals surface area contributed by atoms with Crippen molar-refractivity contribution in [1.29, 1.82) is 0 Å². The molecule has 0 N–H and O–H groups in total. The Morgan fingerprint density at radius 1 is 1.31 bits per heavy atom. The van der Waals surface area contributed by atoms with E-state index in [9.17, 15) is 8.42 Å². The van der Waals surface area contributed by atoms with Crippen LogP contribution in [0.5, 0.6) is 0 Å². The maximum Gasteiger partial charge on any atom is 0.151 e. The van der Waals surface area contributed by atoms with Gasteiger partial charge in [0.15, 0.2) is 9.84 Å². The molecule has 0 spiro atoms. The molecule has 0 aliphatic rings. The average Bonchev–Trinajstić information content (AvgIpc) is 1.78. The largest absolute Gasteiger partial charge is 0.234 e. The summed E-state index contributed by atoms with van der Waals surface area (Å²) < 4.78 is 23.2. The molecule has 0 unspecified atom stereocenters. The van der Waals surface area contributed by atoms with Gasteiger partial charge in [0.05, 0.1) is 5.75 Å². The van der Waals surface area contributed by atoms with Crippen molar-refractivity contribution < 1.29 is 8.42 Å². The molecule has 0 aromatic carbocycles. The summed E-state index contributed by atoms with van der Waals surface area (Å²) in [5, 5.41) is 0. The fraction of sp³-hybridized carbons (Fsp3) is 0.286. The minimum Gasteiger partial charge on any atom is -0.234 e. The Balaban J connectivity index is 3.03. The summed E-state index contributed by atoms with van der Waals surface area (Å²) in [4.78, 5) is 4.00. The van der Waals surface area contributed by atoms with Crippen LogP contribution in [0.15, 0.2) is 21.3 Å². The van der Waals surface area contributed by atoms with E-state index in [2.05, 4.69) is 36.8 Å². The molecule has 0 amide bonds. The molecule has 72 valence electrons. The van der Waals surface area contributed by atoms with Crippen LogP contribution in [0.1, 0.15) is 5.56 Å². The number of sulfone groups is 1. The number of pyridine rings is 1. The van der Waals surface area contributed by atoms with Gasteiger partial charge in [0.2, 0.25) is 0 Å². The molecule has 13 heavy (non-hydrogen) atoms. The zero-order valence-corrected chi connectivity index (χ0v) is 10.8. The highest BCUT2D eigenvalue weighted by atomic mass is 79.9. The van der Waals surface area contributed by atoms with E-state index < -0.39 is 9.84 Å². The maximum atomic E-state index is 11.0. The first-order valence-corrected chi connectivity index (χ1v) is 7.01. The number of aromatic nitrogens is 1. The number of hydrogen-bond acceptors (Lipinski definition) is 3. The Morgan fingerprint density at radius 2 is 1.77 bits per heavy atom. The van der Waals surface area contributed by atoms with E-state index in [4.69, 9.17) is 0 Å². The summed E-state index contributed by atoms with van der Waals surface area (Å²) in [7, 11) is -2.98. The van der Waals surface area contributed by atoms with Crippen LogP contribution < -0.4 is 0 Å². The Labute approximate surface area is 93.7 Å². The lowest BCUT2D eigenvalue weighted by molar-refractivity contribution is 0.601. The lowest BCUT2D eigenvalue weighted by atomic mass is 10.3. The molecule has 0 aliphatic heterocycles. The molecule has 0 fully saturated rings. The fourth-order valence-corrected chi connectivity index (χ4v) is 2.88. The highest BCUT2D eigenvalue weighted by molar-refractivity contribution is 9.11. The first-order valence-electron chi connectivity index (χ1n) is 3.36. The van der Waals surface area contributed by atoms with Crippen molar-refractivity contribution in [1.82, 2.24) is 4.98 Å². The highest BCUT2D eigenvalue weighted by Crippen LogP contribution is 2.17. The van der Waals surface area contributed by atoms with Crippen molar-refractivity contribution in [2.75, 3.05) is 6.26 Å². The lowest BCUT2D eigenvalue weighted by Gasteiger charge is -2.00. The van der Waals surface area contributed by atoms with Crippen LogP contribution in [0.25, 0.3) is 0 Å². The summed E-state index contributed by atoms with van der Waals surface area (Å²) in [5.74, 6) is 0.0344. The summed E-state index contributed by atoms with van der Waals surface area (Å²) in [5.41, 5.74) is 0.719. The van der Waals surface area contributed by atoms with Gasteiger partial charge in [0.1, 0.15) is 9.21 Å². The van der Waals surface area contributed by atoms with E-state index in [0.29, 0.717) is 9.21 Å². The summed E-state index contributed by atoms with van der Waals surface area (Å²) >= 11 is 6.37. The van der Waals surface area contributed by atoms with Gasteiger partial charge in [-0.2, -0.15) is 0 Å². The zero-order valence-electron chi connectivity index (χ0n) is 6.79. The van der Waals surface area contributed by atoms with Crippen LogP contribution in [0.4, 0.5) is 0 Å². The van der Waals surface area contributed by atoms with Gasteiger partial charge < -0.3 is 0 Å². The Morgan fingerprint density at radius 3 is 2.15 bits per heavy atom. The van der Waals surface area contributed by atoms with Crippen molar-refractivity contribution in [3.63, 3.8) is 0 Å². The van der Waals surface area contributed by atoms with E-state index in [1.165, 1.54) is 6.26 Å². The molecule has 0 atom stereocenters. The molecule has 1 aromatic heterocycles. The van der Waals surface area contributed by atoms with Crippen molar-refractivity contribution >= 4 is 41.7 Å². The van der Waals surface area contributed by atoms with Crippen LogP contribution in [0.2, 0.25) is 0 Å². The minimum absolute atomic E-state index is 0.0344. The van der Waals surface area contributed by atoms with Gasteiger partial charge in [-0.3, -0.25) is 0 Å². The van der Waals surface area contributed by atoms with Gasteiger partial charge in [0, 0.05) is 6.26 Å².